The summed E-state index contributed by atoms with van der Waals surface area (Å²) in [6, 6.07) is -1.85. The highest BCUT2D eigenvalue weighted by molar-refractivity contribution is 7.09. The summed E-state index contributed by atoms with van der Waals surface area (Å²) >= 11 is 1.35. The van der Waals surface area contributed by atoms with Crippen LogP contribution in [0.2, 0.25) is 0 Å². The molecular weight excluding hydrogens is 721 g/mol. The predicted octanol–water partition coefficient (Wildman–Crippen LogP) is 4.88. The van der Waals surface area contributed by atoms with Gasteiger partial charge in [0.2, 0.25) is 17.7 Å². The minimum absolute atomic E-state index is 0.0332. The molecule has 3 rings (SSSR count). The molecular formula is C41H66N6O7S. The van der Waals surface area contributed by atoms with Crippen LogP contribution in [0.25, 0.3) is 0 Å². The zero-order valence-corrected chi connectivity index (χ0v) is 35.1. The van der Waals surface area contributed by atoms with Crippen molar-refractivity contribution in [1.82, 2.24) is 25.4 Å². The molecule has 308 valence electrons. The van der Waals surface area contributed by atoms with E-state index in [9.17, 15) is 29.1 Å². The number of nitrogens with two attached hydrogens (primary N) is 1. The van der Waals surface area contributed by atoms with Crippen molar-refractivity contribution in [2.45, 2.75) is 149 Å². The Hall–Kier alpha value is -3.62. The van der Waals surface area contributed by atoms with Crippen LogP contribution in [0.5, 0.6) is 0 Å². The van der Waals surface area contributed by atoms with Gasteiger partial charge in [0, 0.05) is 36.2 Å². The number of carbonyl (C=O) groups is 5. The first-order chi connectivity index (χ1) is 26.0. The molecule has 0 radical (unpaired) electrons. The molecule has 4 amide bonds. The number of ether oxygens (including phenoxy) is 1. The zero-order chi connectivity index (χ0) is 40.9. The summed E-state index contributed by atoms with van der Waals surface area (Å²) in [5, 5.41) is 18.8. The van der Waals surface area contributed by atoms with Crippen LogP contribution >= 0.6 is 11.3 Å². The Kier molecular flexibility index (Phi) is 18.0. The van der Waals surface area contributed by atoms with Gasteiger partial charge in [-0.3, -0.25) is 28.9 Å². The summed E-state index contributed by atoms with van der Waals surface area (Å²) in [7, 11) is 1.94. The fourth-order valence-corrected chi connectivity index (χ4v) is 7.89. The third kappa shape index (κ3) is 14.1. The molecule has 14 heteroatoms. The van der Waals surface area contributed by atoms with E-state index in [-0.39, 0.29) is 60.5 Å². The second-order valence-corrected chi connectivity index (χ2v) is 17.1. The van der Waals surface area contributed by atoms with Crippen molar-refractivity contribution in [1.29, 1.82) is 0 Å². The molecule has 0 aromatic carbocycles. The number of hydrogen-bond acceptors (Lipinski definition) is 10. The van der Waals surface area contributed by atoms with Crippen molar-refractivity contribution < 1.29 is 33.8 Å². The third-order valence-corrected chi connectivity index (χ3v) is 11.8. The molecule has 13 nitrogen and oxygen atoms in total. The fraction of sp³-hybridized carbons (Fsp3) is 0.707. The summed E-state index contributed by atoms with van der Waals surface area (Å²) in [6.45, 7) is 13.9. The maximum absolute atomic E-state index is 14.6. The lowest BCUT2D eigenvalue weighted by molar-refractivity contribution is -0.159. The number of hydrogen-bond donors (Lipinski definition) is 4. The third-order valence-electron chi connectivity index (χ3n) is 10.9. The number of aryl methyl sites for hydroxylation is 1. The highest BCUT2D eigenvalue weighted by atomic mass is 32.1. The van der Waals surface area contributed by atoms with E-state index in [4.69, 9.17) is 10.5 Å². The Bertz CT molecular complexity index is 1520. The second kappa shape index (κ2) is 21.6. The summed E-state index contributed by atoms with van der Waals surface area (Å²) in [5.41, 5.74) is 5.84. The Labute approximate surface area is 331 Å². The zero-order valence-electron chi connectivity index (χ0n) is 34.3. The summed E-state index contributed by atoms with van der Waals surface area (Å²) in [6.07, 6.45) is 11.9. The van der Waals surface area contributed by atoms with E-state index in [1.54, 1.807) is 30.2 Å². The van der Waals surface area contributed by atoms with Crippen LogP contribution in [0.4, 0.5) is 0 Å². The van der Waals surface area contributed by atoms with Crippen molar-refractivity contribution in [3.05, 3.63) is 39.9 Å². The number of nitrogens with one attached hydrogen (secondary N) is 2. The molecule has 2 aliphatic rings. The van der Waals surface area contributed by atoms with Crippen LogP contribution in [0, 0.1) is 17.8 Å². The van der Waals surface area contributed by atoms with Crippen LogP contribution in [-0.4, -0.2) is 99.6 Å². The number of carbonyl (C=O) groups excluding carboxylic acids is 5. The van der Waals surface area contributed by atoms with Gasteiger partial charge >= 0.3 is 5.97 Å². The lowest BCUT2D eigenvalue weighted by atomic mass is 9.89. The van der Waals surface area contributed by atoms with Crippen molar-refractivity contribution in [3.8, 4) is 0 Å². The Morgan fingerprint density at radius 1 is 1.15 bits per heavy atom. The molecule has 1 fully saturated rings. The van der Waals surface area contributed by atoms with Crippen molar-refractivity contribution in [2.75, 3.05) is 20.3 Å². The number of thiazole rings is 1. The van der Waals surface area contributed by atoms with Crippen LogP contribution in [-0.2, 0) is 30.3 Å². The Morgan fingerprint density at radius 2 is 1.87 bits per heavy atom. The first-order valence-electron chi connectivity index (χ1n) is 20.1. The number of allylic oxidation sites excluding steroid dienone is 1. The molecule has 55 heavy (non-hydrogen) atoms. The van der Waals surface area contributed by atoms with E-state index in [0.717, 1.165) is 31.4 Å². The van der Waals surface area contributed by atoms with E-state index in [2.05, 4.69) is 15.6 Å². The minimum Gasteiger partial charge on any atom is -0.444 e. The predicted molar refractivity (Wildman–Crippen MR) is 215 cm³/mol. The molecule has 0 saturated carbocycles. The van der Waals surface area contributed by atoms with Gasteiger partial charge in [-0.1, -0.05) is 78.2 Å². The largest absolute Gasteiger partial charge is 0.444 e. The van der Waals surface area contributed by atoms with Gasteiger partial charge < -0.3 is 31.1 Å². The normalized spacial score (nSPS) is 21.5. The molecule has 2 unspecified atom stereocenters. The number of piperidine rings is 1. The number of rotatable bonds is 21. The maximum atomic E-state index is 14.6. The monoisotopic (exact) mass is 786 g/mol. The first-order valence-corrected chi connectivity index (χ1v) is 21.0. The van der Waals surface area contributed by atoms with Crippen molar-refractivity contribution in [3.63, 3.8) is 0 Å². The quantitative estimate of drug-likeness (QED) is 0.0997. The van der Waals surface area contributed by atoms with Gasteiger partial charge in [0.25, 0.3) is 5.91 Å². The van der Waals surface area contributed by atoms with Gasteiger partial charge in [-0.05, 0) is 77.3 Å². The molecule has 0 bridgehead atoms. The van der Waals surface area contributed by atoms with Crippen LogP contribution < -0.4 is 16.4 Å². The average molecular weight is 787 g/mol. The highest BCUT2D eigenvalue weighted by Gasteiger charge is 2.37. The number of amides is 4. The van der Waals surface area contributed by atoms with E-state index in [1.807, 2.05) is 58.7 Å². The Balaban J connectivity index is 1.79. The minimum atomic E-state index is -0.921. The topological polar surface area (TPSA) is 184 Å². The number of likely N-dealkylation sites (N-methyl/N-ethyl adjacent to an activating group) is 1. The first kappa shape index (κ1) is 45.8. The molecule has 1 aromatic heterocycles. The molecule has 7 atom stereocenters. The number of nitrogens with zero attached hydrogens (tertiary/aromatic N) is 3. The summed E-state index contributed by atoms with van der Waals surface area (Å²) in [4.78, 5) is 74.4. The fourth-order valence-electron chi connectivity index (χ4n) is 7.10. The SMILES string of the molecule is CCCC(=O)OCN(C(=O)[C@@H](NC(=O)[C@H]1CCCCN1C)C(C)CC)[C@H](CCc1nc(C(=O)N[C@@H](CC2=CCC(C)(O)C=C2)C[C@H](C)C(N)=O)cs1)C(C)C. The molecule has 2 heterocycles. The van der Waals surface area contributed by atoms with E-state index < -0.39 is 35.5 Å². The maximum Gasteiger partial charge on any atom is 0.307 e. The summed E-state index contributed by atoms with van der Waals surface area (Å²) in [5.74, 6) is -2.32. The molecule has 1 aliphatic heterocycles. The van der Waals surface area contributed by atoms with Crippen molar-refractivity contribution >= 4 is 40.9 Å². The highest BCUT2D eigenvalue weighted by Crippen LogP contribution is 2.26. The van der Waals surface area contributed by atoms with E-state index >= 15 is 0 Å². The lowest BCUT2D eigenvalue weighted by Gasteiger charge is -2.39. The van der Waals surface area contributed by atoms with Crippen molar-refractivity contribution in [2.24, 2.45) is 23.5 Å². The lowest BCUT2D eigenvalue weighted by Crippen LogP contribution is -2.59. The second-order valence-electron chi connectivity index (χ2n) is 16.1. The van der Waals surface area contributed by atoms with Gasteiger partial charge in [-0.25, -0.2) is 4.98 Å². The number of esters is 1. The van der Waals surface area contributed by atoms with Crippen LogP contribution in [0.1, 0.15) is 128 Å². The standard InChI is InChI=1S/C41H66N6O7S/c1-9-13-35(48)54-25-47(40(52)36(27(5)10-2)45-39(51)33-14-11-12-21-46(33)8)32(26(3)4)15-16-34-44-31(24-55-34)38(50)43-30(22-28(6)37(42)49)23-29-17-19-41(7,53)20-18-29/h17-19,24,26-28,30,32-33,36,53H,9-16,20-23,25H2,1-8H3,(H2,42,49)(H,43,50)(H,45,51)/t27?,28-,30+,32+,33+,36-,41?/m0/s1. The number of aliphatic hydroxyl groups is 1. The molecule has 1 aromatic rings. The van der Waals surface area contributed by atoms with E-state index in [0.29, 0.717) is 50.0 Å². The average Bonchev–Trinajstić information content (AvgIpc) is 3.61. The number of primary amides is 1. The van der Waals surface area contributed by atoms with Crippen LogP contribution in [0.3, 0.4) is 0 Å². The van der Waals surface area contributed by atoms with Gasteiger partial charge in [0.1, 0.15) is 11.7 Å². The smallest absolute Gasteiger partial charge is 0.307 e. The molecule has 1 saturated heterocycles. The summed E-state index contributed by atoms with van der Waals surface area (Å²) < 4.78 is 5.66. The van der Waals surface area contributed by atoms with Crippen LogP contribution in [0.15, 0.2) is 29.2 Å². The molecule has 0 spiro atoms. The van der Waals surface area contributed by atoms with Gasteiger partial charge in [0.05, 0.1) is 16.7 Å². The molecule has 5 N–H and O–H groups in total. The van der Waals surface area contributed by atoms with E-state index in [1.165, 1.54) is 11.3 Å². The van der Waals surface area contributed by atoms with Gasteiger partial charge in [-0.2, -0.15) is 0 Å². The number of likely N-dealkylation sites (tertiary alicyclic amines) is 1. The molecule has 1 aliphatic carbocycles. The number of aromatic nitrogens is 1. The Morgan fingerprint density at radius 3 is 2.47 bits per heavy atom. The van der Waals surface area contributed by atoms with Gasteiger partial charge in [0.15, 0.2) is 6.73 Å². The van der Waals surface area contributed by atoms with Gasteiger partial charge in [-0.15, -0.1) is 11.3 Å².